The van der Waals surface area contributed by atoms with Gasteiger partial charge in [-0.2, -0.15) is 0 Å². The standard InChI is InChI=1S/C48H33N3/c1-4-16-34(17-5-1)35-30-32-38(33-31-35)51-44-27-13-11-23-40(44)42-25-15-29-46(48(42)51)49(36-18-6-2-7-19-36)45-28-14-24-41-39-22-10-12-26-43(39)50(47(41)45)37-20-8-3-9-21-37/h1-33H. The lowest BCUT2D eigenvalue weighted by atomic mass is 10.1. The summed E-state index contributed by atoms with van der Waals surface area (Å²) in [5.74, 6) is 0. The van der Waals surface area contributed by atoms with Crippen molar-refractivity contribution in [2.24, 2.45) is 0 Å². The second kappa shape index (κ2) is 11.9. The molecule has 0 saturated heterocycles. The summed E-state index contributed by atoms with van der Waals surface area (Å²) in [4.78, 5) is 2.46. The van der Waals surface area contributed by atoms with Gasteiger partial charge in [0.1, 0.15) is 0 Å². The first-order valence-electron chi connectivity index (χ1n) is 17.5. The van der Waals surface area contributed by atoms with Gasteiger partial charge in [-0.05, 0) is 71.8 Å². The second-order valence-electron chi connectivity index (χ2n) is 13.0. The predicted octanol–water partition coefficient (Wildman–Crippen LogP) is 13.0. The molecule has 240 valence electrons. The number of aromatic nitrogens is 2. The van der Waals surface area contributed by atoms with E-state index in [2.05, 4.69) is 214 Å². The summed E-state index contributed by atoms with van der Waals surface area (Å²) in [5, 5.41) is 4.90. The van der Waals surface area contributed by atoms with Gasteiger partial charge >= 0.3 is 0 Å². The quantitative estimate of drug-likeness (QED) is 0.174. The van der Waals surface area contributed by atoms with Gasteiger partial charge in [0.05, 0.1) is 33.4 Å². The number of hydrogen-bond donors (Lipinski definition) is 0. The molecule has 3 nitrogen and oxygen atoms in total. The summed E-state index contributed by atoms with van der Waals surface area (Å²) in [7, 11) is 0. The normalized spacial score (nSPS) is 11.5. The van der Waals surface area contributed by atoms with Crippen LogP contribution in [0, 0.1) is 0 Å². The number of benzene rings is 8. The van der Waals surface area contributed by atoms with E-state index in [4.69, 9.17) is 0 Å². The zero-order chi connectivity index (χ0) is 33.7. The van der Waals surface area contributed by atoms with Crippen LogP contribution in [0.1, 0.15) is 0 Å². The minimum absolute atomic E-state index is 1.10. The van der Waals surface area contributed by atoms with Crippen LogP contribution in [0.2, 0.25) is 0 Å². The Labute approximate surface area is 296 Å². The molecule has 0 aliphatic heterocycles. The van der Waals surface area contributed by atoms with E-state index in [-0.39, 0.29) is 0 Å². The molecule has 2 heterocycles. The maximum Gasteiger partial charge on any atom is 0.0782 e. The summed E-state index contributed by atoms with van der Waals surface area (Å²) in [5.41, 5.74) is 12.7. The monoisotopic (exact) mass is 651 g/mol. The molecular formula is C48H33N3. The second-order valence-corrected chi connectivity index (χ2v) is 13.0. The molecule has 0 unspecified atom stereocenters. The molecule has 0 saturated carbocycles. The first-order chi connectivity index (χ1) is 25.3. The Kier molecular flexibility index (Phi) is 6.81. The van der Waals surface area contributed by atoms with Crippen LogP contribution in [0.15, 0.2) is 200 Å². The molecule has 0 atom stereocenters. The van der Waals surface area contributed by atoms with Crippen molar-refractivity contribution in [3.63, 3.8) is 0 Å². The van der Waals surface area contributed by atoms with Crippen molar-refractivity contribution < 1.29 is 0 Å². The molecule has 0 spiro atoms. The van der Waals surface area contributed by atoms with Gasteiger partial charge in [0.15, 0.2) is 0 Å². The van der Waals surface area contributed by atoms with Crippen LogP contribution >= 0.6 is 0 Å². The Balaban J connectivity index is 1.30. The Hall–Kier alpha value is -6.84. The molecule has 3 heteroatoms. The van der Waals surface area contributed by atoms with Crippen molar-refractivity contribution in [1.82, 2.24) is 9.13 Å². The van der Waals surface area contributed by atoms with Crippen molar-refractivity contribution >= 4 is 60.7 Å². The summed E-state index contributed by atoms with van der Waals surface area (Å²) >= 11 is 0. The van der Waals surface area contributed by atoms with E-state index in [9.17, 15) is 0 Å². The van der Waals surface area contributed by atoms with Crippen LogP contribution < -0.4 is 4.90 Å². The van der Waals surface area contributed by atoms with Crippen molar-refractivity contribution in [3.8, 4) is 22.5 Å². The molecule has 10 aromatic rings. The van der Waals surface area contributed by atoms with Gasteiger partial charge in [0, 0.05) is 38.6 Å². The highest BCUT2D eigenvalue weighted by molar-refractivity contribution is 6.18. The third-order valence-corrected chi connectivity index (χ3v) is 10.1. The van der Waals surface area contributed by atoms with Gasteiger partial charge in [0.25, 0.3) is 0 Å². The number of anilines is 3. The van der Waals surface area contributed by atoms with E-state index in [0.717, 1.165) is 34.0 Å². The van der Waals surface area contributed by atoms with E-state index in [0.29, 0.717) is 0 Å². The summed E-state index contributed by atoms with van der Waals surface area (Å²) in [6.45, 7) is 0. The van der Waals surface area contributed by atoms with Gasteiger partial charge in [-0.25, -0.2) is 0 Å². The predicted molar refractivity (Wildman–Crippen MR) is 215 cm³/mol. The number of hydrogen-bond acceptors (Lipinski definition) is 1. The molecule has 0 radical (unpaired) electrons. The minimum atomic E-state index is 1.10. The molecule has 10 rings (SSSR count). The lowest BCUT2D eigenvalue weighted by molar-refractivity contribution is 1.15. The highest BCUT2D eigenvalue weighted by Crippen LogP contribution is 2.47. The van der Waals surface area contributed by atoms with Gasteiger partial charge in [0.2, 0.25) is 0 Å². The van der Waals surface area contributed by atoms with Crippen LogP contribution in [0.3, 0.4) is 0 Å². The fourth-order valence-electron chi connectivity index (χ4n) is 7.89. The van der Waals surface area contributed by atoms with Crippen LogP contribution in [-0.2, 0) is 0 Å². The fraction of sp³-hybridized carbons (Fsp3) is 0. The minimum Gasteiger partial charge on any atom is -0.307 e. The Morgan fingerprint density at radius 2 is 0.706 bits per heavy atom. The smallest absolute Gasteiger partial charge is 0.0782 e. The maximum atomic E-state index is 2.46. The average molecular weight is 652 g/mol. The number of rotatable bonds is 6. The molecule has 0 N–H and O–H groups in total. The number of para-hydroxylation sites is 6. The lowest BCUT2D eigenvalue weighted by Gasteiger charge is -2.28. The maximum absolute atomic E-state index is 2.46. The van der Waals surface area contributed by atoms with Crippen molar-refractivity contribution in [2.75, 3.05) is 4.90 Å². The largest absolute Gasteiger partial charge is 0.307 e. The molecule has 0 aliphatic rings. The topological polar surface area (TPSA) is 13.1 Å². The third kappa shape index (κ3) is 4.67. The van der Waals surface area contributed by atoms with Crippen molar-refractivity contribution in [1.29, 1.82) is 0 Å². The Bertz CT molecular complexity index is 2830. The number of nitrogens with zero attached hydrogens (tertiary/aromatic N) is 3. The Morgan fingerprint density at radius 3 is 1.25 bits per heavy atom. The third-order valence-electron chi connectivity index (χ3n) is 10.1. The van der Waals surface area contributed by atoms with Crippen molar-refractivity contribution in [3.05, 3.63) is 200 Å². The molecule has 2 aromatic heterocycles. The van der Waals surface area contributed by atoms with E-state index >= 15 is 0 Å². The van der Waals surface area contributed by atoms with Crippen LogP contribution in [-0.4, -0.2) is 9.13 Å². The Morgan fingerprint density at radius 1 is 0.294 bits per heavy atom. The lowest BCUT2D eigenvalue weighted by Crippen LogP contribution is -2.13. The summed E-state index contributed by atoms with van der Waals surface area (Å²) in [6.07, 6.45) is 0. The van der Waals surface area contributed by atoms with Gasteiger partial charge in [-0.15, -0.1) is 0 Å². The average Bonchev–Trinajstić information content (AvgIpc) is 3.73. The SMILES string of the molecule is c1ccc(-c2ccc(-n3c4ccccc4c4cccc(N(c5ccccc5)c5cccc6c7ccccc7n(-c7ccccc7)c56)c43)cc2)cc1. The number of fused-ring (bicyclic) bond motifs is 6. The van der Waals surface area contributed by atoms with E-state index in [1.54, 1.807) is 0 Å². The van der Waals surface area contributed by atoms with Crippen LogP contribution in [0.25, 0.3) is 66.1 Å². The van der Waals surface area contributed by atoms with Crippen LogP contribution in [0.4, 0.5) is 17.1 Å². The highest BCUT2D eigenvalue weighted by Gasteiger charge is 2.25. The van der Waals surface area contributed by atoms with Gasteiger partial charge in [-0.1, -0.05) is 140 Å². The summed E-state index contributed by atoms with van der Waals surface area (Å²) < 4.78 is 4.87. The first kappa shape index (κ1) is 29.1. The molecular weight excluding hydrogens is 619 g/mol. The molecule has 8 aromatic carbocycles. The van der Waals surface area contributed by atoms with E-state index < -0.39 is 0 Å². The molecule has 0 bridgehead atoms. The first-order valence-corrected chi connectivity index (χ1v) is 17.5. The molecule has 0 amide bonds. The van der Waals surface area contributed by atoms with E-state index in [1.807, 2.05) is 0 Å². The molecule has 51 heavy (non-hydrogen) atoms. The van der Waals surface area contributed by atoms with Gasteiger partial charge in [-0.3, -0.25) is 0 Å². The summed E-state index contributed by atoms with van der Waals surface area (Å²) in [6, 6.07) is 72.1. The van der Waals surface area contributed by atoms with Crippen molar-refractivity contribution in [2.45, 2.75) is 0 Å². The zero-order valence-corrected chi connectivity index (χ0v) is 27.9. The van der Waals surface area contributed by atoms with Crippen LogP contribution in [0.5, 0.6) is 0 Å². The van der Waals surface area contributed by atoms with E-state index in [1.165, 1.54) is 49.2 Å². The molecule has 0 aliphatic carbocycles. The zero-order valence-electron chi connectivity index (χ0n) is 27.9. The highest BCUT2D eigenvalue weighted by atomic mass is 15.2. The fourth-order valence-corrected chi connectivity index (χ4v) is 7.89. The van der Waals surface area contributed by atoms with Gasteiger partial charge < -0.3 is 14.0 Å². The molecule has 0 fully saturated rings.